The highest BCUT2D eigenvalue weighted by atomic mass is 32.2. The molecule has 0 heterocycles. The van der Waals surface area contributed by atoms with Crippen LogP contribution in [0.2, 0.25) is 0 Å². The van der Waals surface area contributed by atoms with E-state index in [2.05, 4.69) is 11.4 Å². The van der Waals surface area contributed by atoms with E-state index >= 15 is 0 Å². The second-order valence-electron chi connectivity index (χ2n) is 5.06. The Morgan fingerprint density at radius 1 is 1.35 bits per heavy atom. The van der Waals surface area contributed by atoms with Crippen molar-refractivity contribution >= 4 is 15.7 Å². The molecule has 1 saturated carbocycles. The summed E-state index contributed by atoms with van der Waals surface area (Å²) in [6.07, 6.45) is 1.95. The fraction of sp³-hybridized carbons (Fsp3) is 0.429. The predicted molar refractivity (Wildman–Crippen MR) is 73.8 cm³/mol. The van der Waals surface area contributed by atoms with Gasteiger partial charge in [-0.25, -0.2) is 8.42 Å². The number of sulfone groups is 1. The summed E-state index contributed by atoms with van der Waals surface area (Å²) in [5.41, 5.74) is -0.00287. The van der Waals surface area contributed by atoms with Gasteiger partial charge in [-0.3, -0.25) is 4.79 Å². The minimum absolute atomic E-state index is 0.0279. The number of amides is 1. The molecule has 106 valence electrons. The fourth-order valence-corrected chi connectivity index (χ4v) is 3.42. The Bertz CT molecular complexity index is 653. The summed E-state index contributed by atoms with van der Waals surface area (Å²) in [5, 5.41) is 11.4. The Balaban J connectivity index is 2.10. The summed E-state index contributed by atoms with van der Waals surface area (Å²) in [6, 6.07) is 8.04. The van der Waals surface area contributed by atoms with E-state index in [1.54, 1.807) is 0 Å². The van der Waals surface area contributed by atoms with Gasteiger partial charge in [0.05, 0.1) is 22.1 Å². The first-order chi connectivity index (χ1) is 9.42. The van der Waals surface area contributed by atoms with E-state index in [0.29, 0.717) is 12.0 Å². The molecular formula is C14H16N2O3S. The van der Waals surface area contributed by atoms with Crippen molar-refractivity contribution in [3.05, 3.63) is 29.8 Å². The number of carbonyl (C=O) groups is 1. The van der Waals surface area contributed by atoms with Crippen LogP contribution in [0.25, 0.3) is 0 Å². The molecule has 20 heavy (non-hydrogen) atoms. The first kappa shape index (κ1) is 14.5. The van der Waals surface area contributed by atoms with Crippen LogP contribution in [0.1, 0.15) is 29.6 Å². The maximum atomic E-state index is 12.2. The number of nitriles is 1. The lowest BCUT2D eigenvalue weighted by atomic mass is 10.1. The molecule has 5 nitrogen and oxygen atoms in total. The summed E-state index contributed by atoms with van der Waals surface area (Å²) in [7, 11) is -1.88. The summed E-state index contributed by atoms with van der Waals surface area (Å²) in [4.78, 5) is 11.6. The van der Waals surface area contributed by atoms with E-state index in [1.807, 2.05) is 0 Å². The molecule has 1 aliphatic carbocycles. The lowest BCUT2D eigenvalue weighted by molar-refractivity contribution is 0.0963. The van der Waals surface area contributed by atoms with Gasteiger partial charge >= 0.3 is 0 Å². The summed E-state index contributed by atoms with van der Waals surface area (Å²) >= 11 is 0. The average Bonchev–Trinajstić information content (AvgIpc) is 3.25. The zero-order valence-corrected chi connectivity index (χ0v) is 12.0. The lowest BCUT2D eigenvalue weighted by Crippen LogP contribution is -2.18. The number of hydrogen-bond acceptors (Lipinski definition) is 4. The van der Waals surface area contributed by atoms with Crippen LogP contribution in [0.4, 0.5) is 0 Å². The number of carbonyl (C=O) groups excluding carboxylic acids is 1. The molecule has 2 rings (SSSR count). The van der Waals surface area contributed by atoms with Crippen LogP contribution in [0.15, 0.2) is 29.2 Å². The minimum atomic E-state index is -3.40. The van der Waals surface area contributed by atoms with Crippen molar-refractivity contribution in [1.82, 2.24) is 5.32 Å². The first-order valence-electron chi connectivity index (χ1n) is 6.39. The van der Waals surface area contributed by atoms with Gasteiger partial charge in [-0.2, -0.15) is 5.26 Å². The fourth-order valence-electron chi connectivity index (χ4n) is 1.97. The highest BCUT2D eigenvalue weighted by Gasteiger charge is 2.43. The molecule has 1 N–H and O–H groups in total. The zero-order chi connectivity index (χ0) is 14.8. The lowest BCUT2D eigenvalue weighted by Gasteiger charge is -2.08. The maximum Gasteiger partial charge on any atom is 0.251 e. The molecule has 1 fully saturated rings. The van der Waals surface area contributed by atoms with E-state index < -0.39 is 15.3 Å². The van der Waals surface area contributed by atoms with E-state index in [4.69, 9.17) is 5.26 Å². The molecule has 0 spiro atoms. The Kier molecular flexibility index (Phi) is 3.82. The van der Waals surface area contributed by atoms with Crippen LogP contribution < -0.4 is 5.32 Å². The third-order valence-corrected chi connectivity index (χ3v) is 5.37. The van der Waals surface area contributed by atoms with Crippen LogP contribution >= 0.6 is 0 Å². The van der Waals surface area contributed by atoms with Crippen molar-refractivity contribution in [2.24, 2.45) is 5.41 Å². The van der Waals surface area contributed by atoms with Gasteiger partial charge in [0.25, 0.3) is 5.91 Å². The number of nitrogens with zero attached hydrogens (tertiary/aromatic N) is 1. The standard InChI is InChI=1S/C14H16N2O3S/c1-16-13(17)11-2-4-12(5-3-11)20(18,19)9-8-14(10-15)6-7-14/h2-5H,6-9H2,1H3,(H,16,17). The molecule has 6 heteroatoms. The van der Waals surface area contributed by atoms with Gasteiger partial charge in [-0.05, 0) is 43.5 Å². The Morgan fingerprint density at radius 2 is 1.95 bits per heavy atom. The highest BCUT2D eigenvalue weighted by Crippen LogP contribution is 2.48. The third kappa shape index (κ3) is 2.99. The van der Waals surface area contributed by atoms with Crippen molar-refractivity contribution in [3.63, 3.8) is 0 Å². The van der Waals surface area contributed by atoms with E-state index in [-0.39, 0.29) is 16.6 Å². The summed E-state index contributed by atoms with van der Waals surface area (Å²) in [6.45, 7) is 0. The Labute approximate surface area is 118 Å². The average molecular weight is 292 g/mol. The monoisotopic (exact) mass is 292 g/mol. The maximum absolute atomic E-state index is 12.2. The van der Waals surface area contributed by atoms with Gasteiger partial charge in [-0.15, -0.1) is 0 Å². The normalized spacial score (nSPS) is 16.2. The molecule has 0 aliphatic heterocycles. The SMILES string of the molecule is CNC(=O)c1ccc(S(=O)(=O)CCC2(C#N)CC2)cc1. The van der Waals surface area contributed by atoms with Gasteiger partial charge in [0, 0.05) is 12.6 Å². The van der Waals surface area contributed by atoms with Crippen LogP contribution in [0, 0.1) is 16.7 Å². The second-order valence-corrected chi connectivity index (χ2v) is 7.17. The van der Waals surface area contributed by atoms with Crippen molar-refractivity contribution in [1.29, 1.82) is 5.26 Å². The molecule has 1 aliphatic rings. The van der Waals surface area contributed by atoms with Crippen LogP contribution in [-0.2, 0) is 9.84 Å². The molecule has 1 amide bonds. The quantitative estimate of drug-likeness (QED) is 0.891. The third-order valence-electron chi connectivity index (χ3n) is 3.64. The van der Waals surface area contributed by atoms with Gasteiger partial charge in [0.1, 0.15) is 0 Å². The number of nitrogens with one attached hydrogen (secondary N) is 1. The van der Waals surface area contributed by atoms with E-state index in [1.165, 1.54) is 31.3 Å². The zero-order valence-electron chi connectivity index (χ0n) is 11.2. The molecule has 0 radical (unpaired) electrons. The largest absolute Gasteiger partial charge is 0.355 e. The highest BCUT2D eigenvalue weighted by molar-refractivity contribution is 7.91. The second kappa shape index (κ2) is 5.25. The number of hydrogen-bond donors (Lipinski definition) is 1. The number of rotatable bonds is 5. The smallest absolute Gasteiger partial charge is 0.251 e. The van der Waals surface area contributed by atoms with Gasteiger partial charge in [-0.1, -0.05) is 0 Å². The van der Waals surface area contributed by atoms with Crippen molar-refractivity contribution in [2.75, 3.05) is 12.8 Å². The number of benzene rings is 1. The molecule has 0 bridgehead atoms. The summed E-state index contributed by atoms with van der Waals surface area (Å²) < 4.78 is 24.3. The minimum Gasteiger partial charge on any atom is -0.355 e. The Hall–Kier alpha value is -1.87. The Morgan fingerprint density at radius 3 is 2.40 bits per heavy atom. The molecule has 1 aromatic carbocycles. The topological polar surface area (TPSA) is 87.0 Å². The van der Waals surface area contributed by atoms with E-state index in [9.17, 15) is 13.2 Å². The molecule has 0 aromatic heterocycles. The molecule has 1 aromatic rings. The van der Waals surface area contributed by atoms with E-state index in [0.717, 1.165) is 12.8 Å². The molecule has 0 atom stereocenters. The van der Waals surface area contributed by atoms with Crippen molar-refractivity contribution in [2.45, 2.75) is 24.2 Å². The van der Waals surface area contributed by atoms with Gasteiger partial charge in [0.2, 0.25) is 0 Å². The molecular weight excluding hydrogens is 276 g/mol. The predicted octanol–water partition coefficient (Wildman–Crippen LogP) is 1.51. The van der Waals surface area contributed by atoms with Gasteiger partial charge in [0.15, 0.2) is 9.84 Å². The van der Waals surface area contributed by atoms with Crippen LogP contribution in [0.3, 0.4) is 0 Å². The van der Waals surface area contributed by atoms with Crippen LogP contribution in [0.5, 0.6) is 0 Å². The summed E-state index contributed by atoms with van der Waals surface area (Å²) in [5.74, 6) is -0.282. The molecule has 0 saturated heterocycles. The van der Waals surface area contributed by atoms with Gasteiger partial charge < -0.3 is 5.32 Å². The molecule has 0 unspecified atom stereocenters. The van der Waals surface area contributed by atoms with Crippen molar-refractivity contribution < 1.29 is 13.2 Å². The van der Waals surface area contributed by atoms with Crippen molar-refractivity contribution in [3.8, 4) is 6.07 Å². The first-order valence-corrected chi connectivity index (χ1v) is 8.04. The van der Waals surface area contributed by atoms with Crippen LogP contribution in [-0.4, -0.2) is 27.1 Å².